The first-order valence-corrected chi connectivity index (χ1v) is 12.1. The molecule has 2 aliphatic heterocycles. The lowest BCUT2D eigenvalue weighted by molar-refractivity contribution is -0.131. The maximum absolute atomic E-state index is 13.5. The summed E-state index contributed by atoms with van der Waals surface area (Å²) >= 11 is 6.55. The number of nitrogens with zero attached hydrogens (tertiary/aromatic N) is 5. The second-order valence-corrected chi connectivity index (χ2v) is 9.38. The summed E-state index contributed by atoms with van der Waals surface area (Å²) in [5, 5.41) is 12.0. The molecule has 0 aliphatic carbocycles. The fourth-order valence-corrected chi connectivity index (χ4v) is 5.48. The Morgan fingerprint density at radius 1 is 1.22 bits per heavy atom. The van der Waals surface area contributed by atoms with Gasteiger partial charge in [-0.2, -0.15) is 10.2 Å². The van der Waals surface area contributed by atoms with Crippen LogP contribution in [0.25, 0.3) is 10.8 Å². The van der Waals surface area contributed by atoms with Gasteiger partial charge in [-0.15, -0.1) is 0 Å². The van der Waals surface area contributed by atoms with E-state index in [1.165, 1.54) is 4.90 Å². The van der Waals surface area contributed by atoms with Crippen molar-refractivity contribution in [2.75, 3.05) is 36.0 Å². The number of halogens is 2. The van der Waals surface area contributed by atoms with Crippen molar-refractivity contribution in [3.63, 3.8) is 0 Å². The number of hydrogen-bond acceptors (Lipinski definition) is 6. The second kappa shape index (κ2) is 9.63. The van der Waals surface area contributed by atoms with Crippen LogP contribution in [0.3, 0.4) is 0 Å². The van der Waals surface area contributed by atoms with E-state index in [1.54, 1.807) is 0 Å². The molecule has 1 atom stereocenters. The van der Waals surface area contributed by atoms with Gasteiger partial charge in [0.1, 0.15) is 5.82 Å². The average Bonchev–Trinajstić information content (AvgIpc) is 2.87. The molecule has 5 rings (SSSR count). The molecule has 36 heavy (non-hydrogen) atoms. The SMILES string of the molecule is C=C(F)C(=O)N1CCN(c2nc(=O)[nH]c3c2CCN(c2cccc4cccc(Cl)c24)C3)C[C@@H]1CC#N. The highest BCUT2D eigenvalue weighted by Crippen LogP contribution is 2.36. The quantitative estimate of drug-likeness (QED) is 0.544. The Hall–Kier alpha value is -3.90. The lowest BCUT2D eigenvalue weighted by Crippen LogP contribution is -2.56. The lowest BCUT2D eigenvalue weighted by Gasteiger charge is -2.42. The van der Waals surface area contributed by atoms with E-state index in [9.17, 15) is 19.2 Å². The first-order valence-electron chi connectivity index (χ1n) is 11.7. The number of hydrogen-bond donors (Lipinski definition) is 1. The molecule has 0 saturated carbocycles. The van der Waals surface area contributed by atoms with Crippen molar-refractivity contribution in [3.05, 3.63) is 75.6 Å². The third kappa shape index (κ3) is 4.29. The average molecular weight is 507 g/mol. The Morgan fingerprint density at radius 2 is 2.00 bits per heavy atom. The summed E-state index contributed by atoms with van der Waals surface area (Å²) in [4.78, 5) is 37.4. The highest BCUT2D eigenvalue weighted by atomic mass is 35.5. The number of nitriles is 1. The summed E-state index contributed by atoms with van der Waals surface area (Å²) in [6, 6.07) is 13.4. The zero-order chi connectivity index (χ0) is 25.4. The highest BCUT2D eigenvalue weighted by molar-refractivity contribution is 6.36. The number of fused-ring (bicyclic) bond motifs is 2. The number of piperazine rings is 1. The van der Waals surface area contributed by atoms with Crippen LogP contribution in [-0.2, 0) is 17.8 Å². The molecule has 8 nitrogen and oxygen atoms in total. The molecule has 2 aliphatic rings. The minimum Gasteiger partial charge on any atom is -0.365 e. The molecule has 10 heteroatoms. The molecule has 3 aromatic rings. The van der Waals surface area contributed by atoms with Crippen LogP contribution in [0.2, 0.25) is 5.02 Å². The number of aromatic nitrogens is 2. The largest absolute Gasteiger partial charge is 0.365 e. The molecule has 184 valence electrons. The smallest absolute Gasteiger partial charge is 0.347 e. The van der Waals surface area contributed by atoms with Crippen LogP contribution in [0.1, 0.15) is 17.7 Å². The van der Waals surface area contributed by atoms with Gasteiger partial charge in [-0.05, 0) is 23.9 Å². The molecule has 0 bridgehead atoms. The maximum Gasteiger partial charge on any atom is 0.347 e. The van der Waals surface area contributed by atoms with Crippen LogP contribution in [0, 0.1) is 11.3 Å². The van der Waals surface area contributed by atoms with Gasteiger partial charge < -0.3 is 19.7 Å². The molecule has 1 fully saturated rings. The van der Waals surface area contributed by atoms with Crippen LogP contribution in [0.15, 0.2) is 53.6 Å². The van der Waals surface area contributed by atoms with Gasteiger partial charge in [0.05, 0.1) is 30.1 Å². The van der Waals surface area contributed by atoms with Crippen molar-refractivity contribution in [1.82, 2.24) is 14.9 Å². The number of amides is 1. The normalized spacial score (nSPS) is 17.6. The third-order valence-electron chi connectivity index (χ3n) is 6.85. The molecule has 1 aromatic heterocycles. The molecule has 1 amide bonds. The van der Waals surface area contributed by atoms with E-state index in [4.69, 9.17) is 11.6 Å². The second-order valence-electron chi connectivity index (χ2n) is 8.97. The Balaban J connectivity index is 1.46. The van der Waals surface area contributed by atoms with E-state index >= 15 is 0 Å². The van der Waals surface area contributed by atoms with Crippen molar-refractivity contribution in [1.29, 1.82) is 5.26 Å². The van der Waals surface area contributed by atoms with E-state index in [2.05, 4.69) is 27.5 Å². The summed E-state index contributed by atoms with van der Waals surface area (Å²) < 4.78 is 13.5. The summed E-state index contributed by atoms with van der Waals surface area (Å²) in [5.74, 6) is -1.30. The summed E-state index contributed by atoms with van der Waals surface area (Å²) in [6.07, 6.45) is 0.676. The van der Waals surface area contributed by atoms with Gasteiger partial charge in [-0.25, -0.2) is 9.18 Å². The number of carbonyl (C=O) groups excluding carboxylic acids is 1. The number of carbonyl (C=O) groups is 1. The molecule has 1 N–H and O–H groups in total. The molecule has 0 spiro atoms. The molecule has 3 heterocycles. The van der Waals surface area contributed by atoms with E-state index in [1.807, 2.05) is 41.3 Å². The van der Waals surface area contributed by atoms with Crippen molar-refractivity contribution >= 4 is 39.8 Å². The molecule has 2 aromatic carbocycles. The minimum absolute atomic E-state index is 0.0382. The van der Waals surface area contributed by atoms with Gasteiger partial charge in [-0.1, -0.05) is 42.4 Å². The van der Waals surface area contributed by atoms with Crippen molar-refractivity contribution < 1.29 is 9.18 Å². The predicted octanol–water partition coefficient (Wildman–Crippen LogP) is 3.55. The summed E-state index contributed by atoms with van der Waals surface area (Å²) in [6.45, 7) is 5.12. The molecular weight excluding hydrogens is 483 g/mol. The van der Waals surface area contributed by atoms with E-state index in [0.29, 0.717) is 36.9 Å². The lowest BCUT2D eigenvalue weighted by atomic mass is 10.0. The Morgan fingerprint density at radius 3 is 2.75 bits per heavy atom. The van der Waals surface area contributed by atoms with E-state index in [0.717, 1.165) is 27.7 Å². The highest BCUT2D eigenvalue weighted by Gasteiger charge is 2.34. The minimum atomic E-state index is -1.05. The zero-order valence-electron chi connectivity index (χ0n) is 19.5. The van der Waals surface area contributed by atoms with Gasteiger partial charge in [0.2, 0.25) is 0 Å². The van der Waals surface area contributed by atoms with Gasteiger partial charge in [0.25, 0.3) is 5.91 Å². The standard InChI is InChI=1S/C26H24ClFN6O2/c1-16(28)25(35)34-13-12-33(14-18(34)8-10-29)24-19-9-11-32(15-21(19)30-26(36)31-24)22-7-3-5-17-4-2-6-20(27)23(17)22/h2-7,18H,1,8-9,11-15H2,(H,30,31,36)/t18-/m0/s1. The van der Waals surface area contributed by atoms with Gasteiger partial charge in [-0.3, -0.25) is 4.79 Å². The maximum atomic E-state index is 13.5. The first kappa shape index (κ1) is 23.8. The van der Waals surface area contributed by atoms with Crippen LogP contribution in [-0.4, -0.2) is 53.0 Å². The fourth-order valence-electron chi connectivity index (χ4n) is 5.20. The van der Waals surface area contributed by atoms with E-state index in [-0.39, 0.29) is 19.5 Å². The Kier molecular flexibility index (Phi) is 6.37. The molecule has 1 saturated heterocycles. The number of rotatable bonds is 4. The van der Waals surface area contributed by atoms with Crippen LogP contribution in [0.4, 0.5) is 15.9 Å². The van der Waals surface area contributed by atoms with Gasteiger partial charge >= 0.3 is 5.69 Å². The van der Waals surface area contributed by atoms with E-state index < -0.39 is 23.5 Å². The van der Waals surface area contributed by atoms with Crippen LogP contribution >= 0.6 is 11.6 Å². The first-order chi connectivity index (χ1) is 17.4. The molecule has 0 unspecified atom stereocenters. The number of anilines is 2. The molecular formula is C26H24ClFN6O2. The topological polar surface area (TPSA) is 96.3 Å². The number of H-pyrrole nitrogens is 1. The van der Waals surface area contributed by atoms with Crippen molar-refractivity contribution in [2.24, 2.45) is 0 Å². The number of aromatic amines is 1. The van der Waals surface area contributed by atoms with Crippen molar-refractivity contribution in [2.45, 2.75) is 25.4 Å². The fraction of sp³-hybridized carbons (Fsp3) is 0.308. The molecule has 0 radical (unpaired) electrons. The number of nitrogens with one attached hydrogen (secondary N) is 1. The van der Waals surface area contributed by atoms with Gasteiger partial charge in [0.15, 0.2) is 5.83 Å². The predicted molar refractivity (Wildman–Crippen MR) is 137 cm³/mol. The summed E-state index contributed by atoms with van der Waals surface area (Å²) in [5.41, 5.74) is 2.24. The Bertz CT molecular complexity index is 1460. The van der Waals surface area contributed by atoms with Crippen molar-refractivity contribution in [3.8, 4) is 6.07 Å². The van der Waals surface area contributed by atoms with Gasteiger partial charge in [0, 0.05) is 48.5 Å². The van der Waals surface area contributed by atoms with Crippen LogP contribution in [0.5, 0.6) is 0 Å². The summed E-state index contributed by atoms with van der Waals surface area (Å²) in [7, 11) is 0. The monoisotopic (exact) mass is 506 g/mol. The zero-order valence-corrected chi connectivity index (χ0v) is 20.3. The Labute approximate surface area is 212 Å². The van der Waals surface area contributed by atoms with Crippen LogP contribution < -0.4 is 15.5 Å². The number of benzene rings is 2. The third-order valence-corrected chi connectivity index (χ3v) is 7.17.